The highest BCUT2D eigenvalue weighted by Gasteiger charge is 2.21. The molecule has 0 spiro atoms. The number of aromatic nitrogens is 3. The molecule has 30 heavy (non-hydrogen) atoms. The largest absolute Gasteiger partial charge is 0.446 e. The number of hydrogen-bond acceptors (Lipinski definition) is 6. The van der Waals surface area contributed by atoms with Crippen LogP contribution in [-0.2, 0) is 6.42 Å². The maximum Gasteiger partial charge on any atom is 0.261 e. The first-order chi connectivity index (χ1) is 14.7. The zero-order valence-corrected chi connectivity index (χ0v) is 17.6. The van der Waals surface area contributed by atoms with Gasteiger partial charge in [-0.05, 0) is 31.0 Å². The maximum absolute atomic E-state index is 12.9. The third-order valence-corrected chi connectivity index (χ3v) is 6.57. The predicted molar refractivity (Wildman–Crippen MR) is 117 cm³/mol. The topological polar surface area (TPSA) is 67.4 Å². The van der Waals surface area contributed by atoms with Crippen LogP contribution in [0.4, 0.5) is 5.69 Å². The minimum Gasteiger partial charge on any atom is -0.446 e. The molecule has 7 heteroatoms. The molecule has 1 aliphatic carbocycles. The molecule has 0 bridgehead atoms. The van der Waals surface area contributed by atoms with Gasteiger partial charge < -0.3 is 9.32 Å². The van der Waals surface area contributed by atoms with Crippen molar-refractivity contribution in [3.8, 4) is 0 Å². The van der Waals surface area contributed by atoms with Crippen molar-refractivity contribution in [3.05, 3.63) is 52.7 Å². The minimum absolute atomic E-state index is 0.103. The fraction of sp³-hybridized carbons (Fsp3) is 0.522. The number of aryl methyl sites for hydroxylation is 1. The van der Waals surface area contributed by atoms with Gasteiger partial charge in [-0.15, -0.1) is 0 Å². The van der Waals surface area contributed by atoms with E-state index in [0.717, 1.165) is 80.2 Å². The molecule has 3 heterocycles. The van der Waals surface area contributed by atoms with Crippen molar-refractivity contribution in [2.45, 2.75) is 45.1 Å². The lowest BCUT2D eigenvalue weighted by atomic mass is 10.1. The van der Waals surface area contributed by atoms with Crippen molar-refractivity contribution < 1.29 is 4.42 Å². The van der Waals surface area contributed by atoms with Crippen molar-refractivity contribution in [3.63, 3.8) is 0 Å². The second kappa shape index (κ2) is 8.22. The molecular formula is C23H29N5O2. The van der Waals surface area contributed by atoms with Crippen molar-refractivity contribution in [1.29, 1.82) is 0 Å². The molecule has 1 saturated carbocycles. The normalized spacial score (nSPS) is 18.5. The number of piperazine rings is 1. The van der Waals surface area contributed by atoms with Gasteiger partial charge in [0.25, 0.3) is 5.56 Å². The first-order valence-electron chi connectivity index (χ1n) is 11.1. The summed E-state index contributed by atoms with van der Waals surface area (Å²) in [6.45, 7) is 6.84. The van der Waals surface area contributed by atoms with Gasteiger partial charge in [-0.2, -0.15) is 0 Å². The molecule has 158 valence electrons. The van der Waals surface area contributed by atoms with Gasteiger partial charge in [0.15, 0.2) is 5.89 Å². The summed E-state index contributed by atoms with van der Waals surface area (Å²) in [5.74, 6) is 1.69. The molecule has 2 fully saturated rings. The van der Waals surface area contributed by atoms with E-state index in [-0.39, 0.29) is 5.56 Å². The molecule has 0 N–H and O–H groups in total. The van der Waals surface area contributed by atoms with Crippen LogP contribution in [0.3, 0.4) is 0 Å². The number of benzene rings is 1. The second-order valence-electron chi connectivity index (χ2n) is 8.52. The SMILES string of the molecule is Cc1ncc(CCN2CCN(c3ccc4c(=O)n(C5CCCC5)cnc4c3)CC2)o1. The molecule has 3 aromatic rings. The number of anilines is 1. The van der Waals surface area contributed by atoms with Crippen molar-refractivity contribution in [2.24, 2.45) is 0 Å². The van der Waals surface area contributed by atoms with Gasteiger partial charge in [-0.25, -0.2) is 9.97 Å². The van der Waals surface area contributed by atoms with E-state index in [1.165, 1.54) is 12.8 Å². The summed E-state index contributed by atoms with van der Waals surface area (Å²) in [6.07, 6.45) is 9.07. The van der Waals surface area contributed by atoms with Crippen LogP contribution in [0.1, 0.15) is 43.4 Å². The van der Waals surface area contributed by atoms with Gasteiger partial charge in [0, 0.05) is 57.8 Å². The van der Waals surface area contributed by atoms with E-state index < -0.39 is 0 Å². The van der Waals surface area contributed by atoms with E-state index in [4.69, 9.17) is 4.42 Å². The quantitative estimate of drug-likeness (QED) is 0.647. The molecule has 0 atom stereocenters. The number of fused-ring (bicyclic) bond motifs is 1. The van der Waals surface area contributed by atoms with Gasteiger partial charge in [0.2, 0.25) is 0 Å². The number of oxazole rings is 1. The van der Waals surface area contributed by atoms with Crippen LogP contribution in [0, 0.1) is 6.92 Å². The lowest BCUT2D eigenvalue weighted by Crippen LogP contribution is -2.47. The molecule has 1 saturated heterocycles. The Bertz CT molecular complexity index is 1070. The van der Waals surface area contributed by atoms with Crippen LogP contribution in [0.2, 0.25) is 0 Å². The first kappa shape index (κ1) is 19.3. The number of rotatable bonds is 5. The monoisotopic (exact) mass is 407 g/mol. The summed E-state index contributed by atoms with van der Waals surface area (Å²) in [4.78, 5) is 26.6. The highest BCUT2D eigenvalue weighted by atomic mass is 16.4. The smallest absolute Gasteiger partial charge is 0.261 e. The summed E-state index contributed by atoms with van der Waals surface area (Å²) in [5, 5.41) is 0.731. The molecule has 2 aromatic heterocycles. The molecule has 1 aromatic carbocycles. The fourth-order valence-electron chi connectivity index (χ4n) is 4.78. The van der Waals surface area contributed by atoms with Crippen LogP contribution in [0.15, 0.2) is 39.9 Å². The predicted octanol–water partition coefficient (Wildman–Crippen LogP) is 3.17. The summed E-state index contributed by atoms with van der Waals surface area (Å²) >= 11 is 0. The Balaban J connectivity index is 1.24. The number of hydrogen-bond donors (Lipinski definition) is 0. The van der Waals surface area contributed by atoms with E-state index in [2.05, 4.69) is 31.9 Å². The van der Waals surface area contributed by atoms with E-state index in [0.29, 0.717) is 6.04 Å². The highest BCUT2D eigenvalue weighted by Crippen LogP contribution is 2.28. The van der Waals surface area contributed by atoms with Crippen LogP contribution in [0.5, 0.6) is 0 Å². The van der Waals surface area contributed by atoms with Crippen LogP contribution in [0.25, 0.3) is 10.9 Å². The first-order valence-corrected chi connectivity index (χ1v) is 11.1. The average Bonchev–Trinajstić information content (AvgIpc) is 3.45. The lowest BCUT2D eigenvalue weighted by molar-refractivity contribution is 0.255. The highest BCUT2D eigenvalue weighted by molar-refractivity contribution is 5.81. The average molecular weight is 408 g/mol. The van der Waals surface area contributed by atoms with E-state index in [1.54, 1.807) is 6.33 Å². The Morgan fingerprint density at radius 1 is 1.10 bits per heavy atom. The van der Waals surface area contributed by atoms with Gasteiger partial charge in [0.1, 0.15) is 5.76 Å². The minimum atomic E-state index is 0.103. The van der Waals surface area contributed by atoms with E-state index in [1.807, 2.05) is 23.8 Å². The molecule has 0 radical (unpaired) electrons. The van der Waals surface area contributed by atoms with Gasteiger partial charge >= 0.3 is 0 Å². The van der Waals surface area contributed by atoms with Gasteiger partial charge in [-0.1, -0.05) is 12.8 Å². The van der Waals surface area contributed by atoms with Crippen LogP contribution >= 0.6 is 0 Å². The van der Waals surface area contributed by atoms with Crippen molar-refractivity contribution >= 4 is 16.6 Å². The van der Waals surface area contributed by atoms with Crippen molar-refractivity contribution in [2.75, 3.05) is 37.6 Å². The Morgan fingerprint density at radius 3 is 2.63 bits per heavy atom. The Hall–Kier alpha value is -2.67. The third-order valence-electron chi connectivity index (χ3n) is 6.57. The molecule has 7 nitrogen and oxygen atoms in total. The van der Waals surface area contributed by atoms with Gasteiger partial charge in [-0.3, -0.25) is 14.3 Å². The lowest BCUT2D eigenvalue weighted by Gasteiger charge is -2.36. The zero-order chi connectivity index (χ0) is 20.5. The summed E-state index contributed by atoms with van der Waals surface area (Å²) in [5.41, 5.74) is 2.05. The molecule has 5 rings (SSSR count). The summed E-state index contributed by atoms with van der Waals surface area (Å²) < 4.78 is 7.42. The number of nitrogens with zero attached hydrogens (tertiary/aromatic N) is 5. The third kappa shape index (κ3) is 3.86. The Kier molecular flexibility index (Phi) is 5.29. The molecule has 2 aliphatic rings. The molecule has 0 unspecified atom stereocenters. The molecular weight excluding hydrogens is 378 g/mol. The summed E-state index contributed by atoms with van der Waals surface area (Å²) in [7, 11) is 0. The van der Waals surface area contributed by atoms with E-state index >= 15 is 0 Å². The van der Waals surface area contributed by atoms with Crippen LogP contribution < -0.4 is 10.5 Å². The Labute approximate surface area is 176 Å². The van der Waals surface area contributed by atoms with Crippen molar-refractivity contribution in [1.82, 2.24) is 19.4 Å². The Morgan fingerprint density at radius 2 is 1.90 bits per heavy atom. The second-order valence-corrected chi connectivity index (χ2v) is 8.52. The van der Waals surface area contributed by atoms with E-state index in [9.17, 15) is 4.79 Å². The summed E-state index contributed by atoms with van der Waals surface area (Å²) in [6, 6.07) is 6.44. The molecule has 1 aliphatic heterocycles. The zero-order valence-electron chi connectivity index (χ0n) is 17.6. The fourth-order valence-corrected chi connectivity index (χ4v) is 4.78. The standard InChI is InChI=1S/C23H29N5O2/c1-17-24-15-20(30-17)8-9-26-10-12-27(13-11-26)19-6-7-21-22(14-19)25-16-28(23(21)29)18-4-2-3-5-18/h6-7,14-16,18H,2-5,8-13H2,1H3. The maximum atomic E-state index is 12.9. The molecule has 0 amide bonds. The van der Waals surface area contributed by atoms with Crippen LogP contribution in [-0.4, -0.2) is 52.2 Å². The van der Waals surface area contributed by atoms with Gasteiger partial charge in [0.05, 0.1) is 23.4 Å².